The van der Waals surface area contributed by atoms with Crippen LogP contribution in [0, 0.1) is 12.7 Å². The number of hydrogen-bond donors (Lipinski definition) is 2. The molecule has 29 heavy (non-hydrogen) atoms. The van der Waals surface area contributed by atoms with Crippen LogP contribution in [0.5, 0.6) is 5.75 Å². The average Bonchev–Trinajstić information content (AvgIpc) is 2.63. The highest BCUT2D eigenvalue weighted by atomic mass is 19.4. The van der Waals surface area contributed by atoms with E-state index in [1.807, 2.05) is 0 Å². The first-order valence-electron chi connectivity index (χ1n) is 8.55. The summed E-state index contributed by atoms with van der Waals surface area (Å²) in [5, 5.41) is 5.01. The largest absolute Gasteiger partial charge is 0.573 e. The zero-order chi connectivity index (χ0) is 21.2. The van der Waals surface area contributed by atoms with Crippen LogP contribution in [0.15, 0.2) is 54.2 Å². The first-order chi connectivity index (χ1) is 13.6. The maximum atomic E-state index is 13.2. The smallest absolute Gasteiger partial charge is 0.406 e. The molecule has 1 atom stereocenters. The van der Waals surface area contributed by atoms with Crippen LogP contribution in [0.4, 0.5) is 23.2 Å². The molecule has 1 heterocycles. The molecule has 0 aromatic heterocycles. The fourth-order valence-electron chi connectivity index (χ4n) is 2.96. The van der Waals surface area contributed by atoms with Gasteiger partial charge in [0.05, 0.1) is 0 Å². The van der Waals surface area contributed by atoms with E-state index in [2.05, 4.69) is 15.4 Å². The van der Waals surface area contributed by atoms with Crippen molar-refractivity contribution in [3.05, 3.63) is 71.2 Å². The summed E-state index contributed by atoms with van der Waals surface area (Å²) in [5.74, 6) is -2.47. The summed E-state index contributed by atoms with van der Waals surface area (Å²) < 4.78 is 54.4. The summed E-state index contributed by atoms with van der Waals surface area (Å²) in [7, 11) is 0. The van der Waals surface area contributed by atoms with Gasteiger partial charge in [0.1, 0.15) is 11.6 Å². The van der Waals surface area contributed by atoms with Crippen LogP contribution in [0.2, 0.25) is 0 Å². The number of carbonyl (C=O) groups is 2. The SMILES string of the molecule is Cc1ccc(OC(F)(F)F)cc1NC(=O)C1=CNC(=O)CC1c1ccc(F)cc1. The van der Waals surface area contributed by atoms with E-state index in [0.29, 0.717) is 11.1 Å². The molecule has 3 rings (SSSR count). The Bertz CT molecular complexity index is 969. The molecular weight excluding hydrogens is 392 g/mol. The second-order valence-electron chi connectivity index (χ2n) is 6.45. The van der Waals surface area contributed by atoms with Crippen LogP contribution in [0.3, 0.4) is 0 Å². The highest BCUT2D eigenvalue weighted by molar-refractivity contribution is 6.06. The van der Waals surface area contributed by atoms with Crippen molar-refractivity contribution in [2.45, 2.75) is 25.6 Å². The normalized spacial score (nSPS) is 16.7. The van der Waals surface area contributed by atoms with Gasteiger partial charge in [-0.3, -0.25) is 9.59 Å². The Balaban J connectivity index is 1.86. The Morgan fingerprint density at radius 1 is 1.17 bits per heavy atom. The average molecular weight is 408 g/mol. The maximum absolute atomic E-state index is 13.2. The van der Waals surface area contributed by atoms with E-state index in [1.54, 1.807) is 6.92 Å². The number of alkyl halides is 3. The number of amides is 2. The predicted octanol–water partition coefficient (Wildman–Crippen LogP) is 4.16. The summed E-state index contributed by atoms with van der Waals surface area (Å²) in [4.78, 5) is 24.6. The molecule has 0 radical (unpaired) electrons. The molecule has 0 fully saturated rings. The van der Waals surface area contributed by atoms with Gasteiger partial charge >= 0.3 is 6.36 Å². The molecule has 1 unspecified atom stereocenters. The lowest BCUT2D eigenvalue weighted by Crippen LogP contribution is -2.32. The zero-order valence-electron chi connectivity index (χ0n) is 15.1. The first kappa shape index (κ1) is 20.4. The number of ether oxygens (including phenoxy) is 1. The van der Waals surface area contributed by atoms with Crippen molar-refractivity contribution < 1.29 is 31.9 Å². The van der Waals surface area contributed by atoms with Crippen molar-refractivity contribution in [1.29, 1.82) is 0 Å². The highest BCUT2D eigenvalue weighted by Crippen LogP contribution is 2.32. The third kappa shape index (κ3) is 5.13. The minimum absolute atomic E-state index is 0.0267. The molecular formula is C20H16F4N2O3. The minimum atomic E-state index is -4.86. The number of nitrogens with one attached hydrogen (secondary N) is 2. The Hall–Kier alpha value is -3.36. The van der Waals surface area contributed by atoms with Crippen molar-refractivity contribution >= 4 is 17.5 Å². The van der Waals surface area contributed by atoms with Crippen LogP contribution >= 0.6 is 0 Å². The number of anilines is 1. The fraction of sp³-hybridized carbons (Fsp3) is 0.200. The van der Waals surface area contributed by atoms with Crippen LogP contribution in [-0.2, 0) is 9.59 Å². The molecule has 2 aromatic carbocycles. The molecule has 152 valence electrons. The first-order valence-corrected chi connectivity index (χ1v) is 8.55. The molecule has 2 N–H and O–H groups in total. The van der Waals surface area contributed by atoms with Gasteiger partial charge in [0, 0.05) is 35.9 Å². The van der Waals surface area contributed by atoms with Gasteiger partial charge < -0.3 is 15.4 Å². The molecule has 1 aliphatic heterocycles. The van der Waals surface area contributed by atoms with E-state index >= 15 is 0 Å². The summed E-state index contributed by atoms with van der Waals surface area (Å²) in [6, 6.07) is 8.98. The molecule has 9 heteroatoms. The quantitative estimate of drug-likeness (QED) is 0.747. The van der Waals surface area contributed by atoms with Gasteiger partial charge in [-0.15, -0.1) is 13.2 Å². The van der Waals surface area contributed by atoms with Gasteiger partial charge in [0.15, 0.2) is 0 Å². The number of aryl methyl sites for hydroxylation is 1. The molecule has 2 amide bonds. The van der Waals surface area contributed by atoms with Gasteiger partial charge in [0.2, 0.25) is 5.91 Å². The van der Waals surface area contributed by atoms with Crippen molar-refractivity contribution in [1.82, 2.24) is 5.32 Å². The predicted molar refractivity (Wildman–Crippen MR) is 96.5 cm³/mol. The number of halogens is 4. The lowest BCUT2D eigenvalue weighted by Gasteiger charge is -2.24. The summed E-state index contributed by atoms with van der Waals surface area (Å²) in [6.07, 6.45) is -3.64. The second kappa shape index (κ2) is 7.94. The molecule has 0 bridgehead atoms. The van der Waals surface area contributed by atoms with Crippen molar-refractivity contribution in [2.75, 3.05) is 5.32 Å². The number of benzene rings is 2. The Kier molecular flexibility index (Phi) is 5.58. The van der Waals surface area contributed by atoms with Crippen molar-refractivity contribution in [2.24, 2.45) is 0 Å². The van der Waals surface area contributed by atoms with Crippen LogP contribution in [0.25, 0.3) is 0 Å². The van der Waals surface area contributed by atoms with Crippen LogP contribution < -0.4 is 15.4 Å². The van der Waals surface area contributed by atoms with E-state index in [0.717, 1.165) is 12.1 Å². The summed E-state index contributed by atoms with van der Waals surface area (Å²) in [5.41, 5.74) is 1.41. The van der Waals surface area contributed by atoms with Gasteiger partial charge in [-0.05, 0) is 36.2 Å². The third-order valence-corrected chi connectivity index (χ3v) is 4.38. The van der Waals surface area contributed by atoms with E-state index in [4.69, 9.17) is 0 Å². The molecule has 0 spiro atoms. The Labute approximate surface area is 163 Å². The van der Waals surface area contributed by atoms with Gasteiger partial charge in [-0.2, -0.15) is 0 Å². The lowest BCUT2D eigenvalue weighted by molar-refractivity contribution is -0.274. The number of hydrogen-bond acceptors (Lipinski definition) is 3. The molecule has 0 saturated carbocycles. The minimum Gasteiger partial charge on any atom is -0.406 e. The maximum Gasteiger partial charge on any atom is 0.573 e. The Morgan fingerprint density at radius 2 is 1.86 bits per heavy atom. The molecule has 0 aliphatic carbocycles. The van der Waals surface area contributed by atoms with Gasteiger partial charge in [-0.1, -0.05) is 18.2 Å². The van der Waals surface area contributed by atoms with Crippen LogP contribution in [-0.4, -0.2) is 18.2 Å². The fourth-order valence-corrected chi connectivity index (χ4v) is 2.96. The van der Waals surface area contributed by atoms with E-state index in [1.165, 1.54) is 36.5 Å². The standard InChI is InChI=1S/C20H16F4N2O3/c1-11-2-7-14(29-20(22,23)24)8-17(11)26-19(28)16-10-25-18(27)9-15(16)12-3-5-13(21)6-4-12/h2-8,10,15H,9H2,1H3,(H,25,27)(H,26,28). The summed E-state index contributed by atoms with van der Waals surface area (Å²) >= 11 is 0. The van der Waals surface area contributed by atoms with Crippen molar-refractivity contribution in [3.8, 4) is 5.75 Å². The topological polar surface area (TPSA) is 67.4 Å². The Morgan fingerprint density at radius 3 is 2.52 bits per heavy atom. The molecule has 0 saturated heterocycles. The third-order valence-electron chi connectivity index (χ3n) is 4.38. The molecule has 1 aliphatic rings. The van der Waals surface area contributed by atoms with Gasteiger partial charge in [-0.25, -0.2) is 4.39 Å². The summed E-state index contributed by atoms with van der Waals surface area (Å²) in [6.45, 7) is 1.61. The van der Waals surface area contributed by atoms with E-state index in [-0.39, 0.29) is 23.6 Å². The van der Waals surface area contributed by atoms with E-state index < -0.39 is 29.8 Å². The molecule has 2 aromatic rings. The van der Waals surface area contributed by atoms with Crippen molar-refractivity contribution in [3.63, 3.8) is 0 Å². The monoisotopic (exact) mass is 408 g/mol. The lowest BCUT2D eigenvalue weighted by atomic mass is 9.86. The highest BCUT2D eigenvalue weighted by Gasteiger charge is 2.32. The molecule has 5 nitrogen and oxygen atoms in total. The second-order valence-corrected chi connectivity index (χ2v) is 6.45. The number of carbonyl (C=O) groups excluding carboxylic acids is 2. The van der Waals surface area contributed by atoms with Gasteiger partial charge in [0.25, 0.3) is 5.91 Å². The number of rotatable bonds is 4. The zero-order valence-corrected chi connectivity index (χ0v) is 15.1. The van der Waals surface area contributed by atoms with Crippen LogP contribution in [0.1, 0.15) is 23.5 Å². The van der Waals surface area contributed by atoms with E-state index in [9.17, 15) is 27.2 Å².